The number of carbonyl (C=O) groups excluding carboxylic acids is 1. The summed E-state index contributed by atoms with van der Waals surface area (Å²) >= 11 is 0. The Labute approximate surface area is 134 Å². The van der Waals surface area contributed by atoms with E-state index in [1.54, 1.807) is 6.07 Å². The van der Waals surface area contributed by atoms with Crippen molar-refractivity contribution in [1.29, 1.82) is 5.26 Å². The average molecular weight is 317 g/mol. The van der Waals surface area contributed by atoms with Gasteiger partial charge in [-0.2, -0.15) is 5.26 Å². The lowest BCUT2D eigenvalue weighted by Crippen LogP contribution is -2.42. The van der Waals surface area contributed by atoms with Crippen LogP contribution in [-0.4, -0.2) is 18.7 Å². The molecule has 122 valence electrons. The summed E-state index contributed by atoms with van der Waals surface area (Å²) in [5.74, 6) is 0.191. The van der Waals surface area contributed by atoms with Crippen LogP contribution in [0.5, 0.6) is 5.75 Å². The minimum Gasteiger partial charge on any atom is -0.493 e. The Hall–Kier alpha value is -2.29. The number of hydrogen-bond acceptors (Lipinski definition) is 3. The average Bonchev–Trinajstić information content (AvgIpc) is 2.89. The molecule has 1 fully saturated rings. The zero-order valence-electron chi connectivity index (χ0n) is 12.8. The third-order valence-corrected chi connectivity index (χ3v) is 4.50. The summed E-state index contributed by atoms with van der Waals surface area (Å²) < 4.78 is 18.9. The minimum atomic E-state index is -0.345. The highest BCUT2D eigenvalue weighted by Crippen LogP contribution is 2.32. The van der Waals surface area contributed by atoms with Gasteiger partial charge in [-0.15, -0.1) is 0 Å². The molecule has 2 N–H and O–H groups in total. The fraction of sp³-hybridized carbons (Fsp3) is 0.529. The van der Waals surface area contributed by atoms with Gasteiger partial charge in [-0.05, 0) is 38.2 Å². The summed E-state index contributed by atoms with van der Waals surface area (Å²) in [6.07, 6.45) is 3.92. The molecule has 3 rings (SSSR count). The van der Waals surface area contributed by atoms with E-state index in [0.29, 0.717) is 18.8 Å². The van der Waals surface area contributed by atoms with Crippen LogP contribution < -0.4 is 15.4 Å². The van der Waals surface area contributed by atoms with Gasteiger partial charge in [-0.1, -0.05) is 6.07 Å². The second kappa shape index (κ2) is 6.86. The number of nitrogens with one attached hydrogen (secondary N) is 2. The largest absolute Gasteiger partial charge is 0.493 e. The Morgan fingerprint density at radius 2 is 2.17 bits per heavy atom. The van der Waals surface area contributed by atoms with Gasteiger partial charge in [0.1, 0.15) is 11.6 Å². The molecule has 2 amide bonds. The fourth-order valence-electron chi connectivity index (χ4n) is 3.31. The lowest BCUT2D eigenvalue weighted by atomic mass is 10.0. The molecule has 0 bridgehead atoms. The van der Waals surface area contributed by atoms with E-state index >= 15 is 0 Å². The van der Waals surface area contributed by atoms with Crippen LogP contribution in [0.25, 0.3) is 0 Å². The zero-order valence-corrected chi connectivity index (χ0v) is 12.8. The van der Waals surface area contributed by atoms with Crippen molar-refractivity contribution in [2.75, 3.05) is 6.61 Å². The highest BCUT2D eigenvalue weighted by molar-refractivity contribution is 5.75. The molecular weight excluding hydrogens is 297 g/mol. The molecule has 1 heterocycles. The third-order valence-electron chi connectivity index (χ3n) is 4.50. The van der Waals surface area contributed by atoms with Crippen LogP contribution in [0.1, 0.15) is 43.7 Å². The number of fused-ring (bicyclic) bond motifs is 1. The number of hydrogen-bond donors (Lipinski definition) is 2. The molecule has 1 saturated carbocycles. The van der Waals surface area contributed by atoms with E-state index in [1.807, 2.05) is 0 Å². The maximum Gasteiger partial charge on any atom is 0.315 e. The molecule has 0 radical (unpaired) electrons. The number of benzene rings is 1. The zero-order chi connectivity index (χ0) is 16.2. The fourth-order valence-corrected chi connectivity index (χ4v) is 3.31. The summed E-state index contributed by atoms with van der Waals surface area (Å²) in [7, 11) is 0. The normalized spacial score (nSPS) is 26.3. The van der Waals surface area contributed by atoms with Gasteiger partial charge in [-0.25, -0.2) is 9.18 Å². The van der Waals surface area contributed by atoms with Crippen molar-refractivity contribution < 1.29 is 13.9 Å². The van der Waals surface area contributed by atoms with Crippen LogP contribution in [0.15, 0.2) is 18.2 Å². The number of amides is 2. The van der Waals surface area contributed by atoms with Crippen molar-refractivity contribution in [3.63, 3.8) is 0 Å². The topological polar surface area (TPSA) is 74.2 Å². The van der Waals surface area contributed by atoms with Crippen LogP contribution in [0, 0.1) is 23.1 Å². The monoisotopic (exact) mass is 317 g/mol. The molecule has 6 heteroatoms. The Kier molecular flexibility index (Phi) is 4.65. The molecule has 0 aromatic heterocycles. The predicted octanol–water partition coefficient (Wildman–Crippen LogP) is 3.03. The van der Waals surface area contributed by atoms with Crippen LogP contribution in [0.3, 0.4) is 0 Å². The molecule has 2 aliphatic rings. The molecule has 0 saturated heterocycles. The number of ether oxygens (including phenoxy) is 1. The molecule has 5 nitrogen and oxygen atoms in total. The number of urea groups is 1. The maximum absolute atomic E-state index is 13.4. The summed E-state index contributed by atoms with van der Waals surface area (Å²) in [6.45, 7) is 0.517. The third kappa shape index (κ3) is 3.73. The van der Waals surface area contributed by atoms with Gasteiger partial charge in [0.15, 0.2) is 0 Å². The first-order valence-corrected chi connectivity index (χ1v) is 8.04. The molecule has 1 aromatic rings. The van der Waals surface area contributed by atoms with Crippen molar-refractivity contribution in [1.82, 2.24) is 10.6 Å². The summed E-state index contributed by atoms with van der Waals surface area (Å²) in [4.78, 5) is 12.2. The first-order chi connectivity index (χ1) is 11.2. The lowest BCUT2D eigenvalue weighted by molar-refractivity contribution is 0.232. The smallest absolute Gasteiger partial charge is 0.315 e. The second-order valence-electron chi connectivity index (χ2n) is 6.18. The highest BCUT2D eigenvalue weighted by atomic mass is 19.1. The first kappa shape index (κ1) is 15.6. The molecule has 0 spiro atoms. The second-order valence-corrected chi connectivity index (χ2v) is 6.18. The first-order valence-electron chi connectivity index (χ1n) is 8.04. The molecule has 1 aliphatic heterocycles. The molecule has 1 aromatic carbocycles. The summed E-state index contributed by atoms with van der Waals surface area (Å²) in [5, 5.41) is 14.8. The Balaban J connectivity index is 1.63. The number of rotatable bonds is 2. The summed E-state index contributed by atoms with van der Waals surface area (Å²) in [5.41, 5.74) is 0.806. The van der Waals surface area contributed by atoms with E-state index in [-0.39, 0.29) is 29.8 Å². The van der Waals surface area contributed by atoms with Crippen molar-refractivity contribution in [2.45, 2.75) is 44.2 Å². The number of nitrogens with zero attached hydrogens (tertiary/aromatic N) is 1. The van der Waals surface area contributed by atoms with Crippen molar-refractivity contribution in [3.05, 3.63) is 29.6 Å². The van der Waals surface area contributed by atoms with Crippen molar-refractivity contribution >= 4 is 6.03 Å². The predicted molar refractivity (Wildman–Crippen MR) is 82.3 cm³/mol. The SMILES string of the molecule is N#C[C@H]1CC[C@@H](NC(=O)NC2CCCOc3cc(F)ccc32)C1. The van der Waals surface area contributed by atoms with Gasteiger partial charge in [0, 0.05) is 23.6 Å². The maximum atomic E-state index is 13.4. The molecule has 3 atom stereocenters. The van der Waals surface area contributed by atoms with Gasteiger partial charge in [0.25, 0.3) is 0 Å². The van der Waals surface area contributed by atoms with E-state index in [1.165, 1.54) is 12.1 Å². The number of carbonyl (C=O) groups is 1. The van der Waals surface area contributed by atoms with Crippen LogP contribution in [0.2, 0.25) is 0 Å². The number of halogens is 1. The van der Waals surface area contributed by atoms with Crippen LogP contribution >= 0.6 is 0 Å². The summed E-state index contributed by atoms with van der Waals surface area (Å²) in [6, 6.07) is 6.28. The number of nitriles is 1. The van der Waals surface area contributed by atoms with E-state index in [4.69, 9.17) is 10.00 Å². The van der Waals surface area contributed by atoms with Crippen LogP contribution in [-0.2, 0) is 0 Å². The quantitative estimate of drug-likeness (QED) is 0.880. The Morgan fingerprint density at radius 3 is 2.96 bits per heavy atom. The van der Waals surface area contributed by atoms with Gasteiger partial charge < -0.3 is 15.4 Å². The van der Waals surface area contributed by atoms with E-state index < -0.39 is 0 Å². The molecular formula is C17H20FN3O2. The standard InChI is InChI=1S/C17H20FN3O2/c18-12-4-6-14-15(2-1-7-23-16(14)9-12)21-17(22)20-13-5-3-11(8-13)10-19/h4,6,9,11,13,15H,1-3,5,7-8H2,(H2,20,21,22)/t11-,13+,15?/m0/s1. The van der Waals surface area contributed by atoms with E-state index in [0.717, 1.165) is 31.2 Å². The highest BCUT2D eigenvalue weighted by Gasteiger charge is 2.27. The van der Waals surface area contributed by atoms with Crippen molar-refractivity contribution in [3.8, 4) is 11.8 Å². The molecule has 1 unspecified atom stereocenters. The van der Waals surface area contributed by atoms with Crippen molar-refractivity contribution in [2.24, 2.45) is 5.92 Å². The van der Waals surface area contributed by atoms with E-state index in [9.17, 15) is 9.18 Å². The molecule has 1 aliphatic carbocycles. The lowest BCUT2D eigenvalue weighted by Gasteiger charge is -2.20. The van der Waals surface area contributed by atoms with Gasteiger partial charge in [0.05, 0.1) is 18.7 Å². The van der Waals surface area contributed by atoms with E-state index in [2.05, 4.69) is 16.7 Å². The Bertz CT molecular complexity index is 629. The van der Waals surface area contributed by atoms with Gasteiger partial charge >= 0.3 is 6.03 Å². The molecule has 23 heavy (non-hydrogen) atoms. The Morgan fingerprint density at radius 1 is 1.30 bits per heavy atom. The van der Waals surface area contributed by atoms with Crippen LogP contribution in [0.4, 0.5) is 9.18 Å². The minimum absolute atomic E-state index is 0.0373. The van der Waals surface area contributed by atoms with Gasteiger partial charge in [0.2, 0.25) is 0 Å². The van der Waals surface area contributed by atoms with Gasteiger partial charge in [-0.3, -0.25) is 0 Å².